The molecule has 15 heavy (non-hydrogen) atoms. The molecule has 4 heteroatoms. The van der Waals surface area contributed by atoms with Crippen molar-refractivity contribution in [3.63, 3.8) is 0 Å². The molecule has 2 N–H and O–H groups in total. The van der Waals surface area contributed by atoms with Crippen LogP contribution in [0.4, 0.5) is 0 Å². The van der Waals surface area contributed by atoms with Gasteiger partial charge in [-0.05, 0) is 19.8 Å². The number of amides is 1. The molecule has 0 aliphatic carbocycles. The second-order valence-electron chi connectivity index (χ2n) is 3.89. The van der Waals surface area contributed by atoms with Gasteiger partial charge in [-0.2, -0.15) is 0 Å². The summed E-state index contributed by atoms with van der Waals surface area (Å²) in [6.07, 6.45) is 3.82. The Morgan fingerprint density at radius 1 is 1.67 bits per heavy atom. The van der Waals surface area contributed by atoms with Crippen LogP contribution in [0.15, 0.2) is 12.7 Å². The molecule has 1 aliphatic heterocycles. The third kappa shape index (κ3) is 4.95. The average Bonchev–Trinajstić information content (AvgIpc) is 2.18. The lowest BCUT2D eigenvalue weighted by atomic mass is 10.0. The molecule has 2 unspecified atom stereocenters. The van der Waals surface area contributed by atoms with Gasteiger partial charge < -0.3 is 15.4 Å². The van der Waals surface area contributed by atoms with Crippen molar-refractivity contribution in [3.8, 4) is 0 Å². The molecule has 0 aromatic heterocycles. The largest absolute Gasteiger partial charge is 0.378 e. The van der Waals surface area contributed by atoms with E-state index in [1.54, 1.807) is 6.08 Å². The molecule has 2 atom stereocenters. The fourth-order valence-electron chi connectivity index (χ4n) is 1.70. The van der Waals surface area contributed by atoms with E-state index in [4.69, 9.17) is 4.74 Å². The van der Waals surface area contributed by atoms with Gasteiger partial charge in [0.15, 0.2) is 0 Å². The summed E-state index contributed by atoms with van der Waals surface area (Å²) in [5.41, 5.74) is 0. The first-order chi connectivity index (χ1) is 7.22. The highest BCUT2D eigenvalue weighted by molar-refractivity contribution is 5.78. The lowest BCUT2D eigenvalue weighted by Crippen LogP contribution is -2.44. The molecule has 1 amide bonds. The van der Waals surface area contributed by atoms with Crippen LogP contribution in [0.2, 0.25) is 0 Å². The molecule has 0 aromatic carbocycles. The summed E-state index contributed by atoms with van der Waals surface area (Å²) < 4.78 is 5.41. The molecule has 0 bridgehead atoms. The molecule has 1 rings (SSSR count). The number of carbonyl (C=O) groups excluding carboxylic acids is 1. The average molecular weight is 212 g/mol. The lowest BCUT2D eigenvalue weighted by Gasteiger charge is -2.27. The zero-order valence-corrected chi connectivity index (χ0v) is 9.29. The van der Waals surface area contributed by atoms with Gasteiger partial charge in [0.2, 0.25) is 5.91 Å². The highest BCUT2D eigenvalue weighted by Crippen LogP contribution is 2.12. The summed E-state index contributed by atoms with van der Waals surface area (Å²) in [5, 5.41) is 5.97. The van der Waals surface area contributed by atoms with Crippen LogP contribution in [0.5, 0.6) is 0 Å². The highest BCUT2D eigenvalue weighted by atomic mass is 16.5. The Morgan fingerprint density at radius 2 is 2.47 bits per heavy atom. The molecule has 4 nitrogen and oxygen atoms in total. The van der Waals surface area contributed by atoms with E-state index in [1.807, 2.05) is 6.92 Å². The molecule has 1 heterocycles. The summed E-state index contributed by atoms with van der Waals surface area (Å²) in [4.78, 5) is 11.4. The topological polar surface area (TPSA) is 50.4 Å². The van der Waals surface area contributed by atoms with Crippen LogP contribution in [0, 0.1) is 0 Å². The maximum Gasteiger partial charge on any atom is 0.234 e. The van der Waals surface area contributed by atoms with Crippen molar-refractivity contribution in [2.75, 3.05) is 19.7 Å². The van der Waals surface area contributed by atoms with E-state index in [9.17, 15) is 4.79 Å². The number of hydrogen-bond acceptors (Lipinski definition) is 3. The normalized spacial score (nSPS) is 25.9. The van der Waals surface area contributed by atoms with Crippen molar-refractivity contribution in [1.82, 2.24) is 10.6 Å². The van der Waals surface area contributed by atoms with E-state index in [-0.39, 0.29) is 18.1 Å². The van der Waals surface area contributed by atoms with E-state index in [0.29, 0.717) is 13.1 Å². The van der Waals surface area contributed by atoms with Crippen molar-refractivity contribution in [2.45, 2.75) is 31.9 Å². The van der Waals surface area contributed by atoms with Crippen molar-refractivity contribution in [2.24, 2.45) is 0 Å². The molecule has 0 radical (unpaired) electrons. The van der Waals surface area contributed by atoms with Gasteiger partial charge >= 0.3 is 0 Å². The molecule has 1 fully saturated rings. The summed E-state index contributed by atoms with van der Waals surface area (Å²) in [7, 11) is 0. The SMILES string of the molecule is C=CCNCC(=O)NC1CCOC(C)C1. The number of nitrogens with one attached hydrogen (secondary N) is 2. The molecular weight excluding hydrogens is 192 g/mol. The Hall–Kier alpha value is -0.870. The molecule has 0 spiro atoms. The number of ether oxygens (including phenoxy) is 1. The van der Waals surface area contributed by atoms with E-state index in [0.717, 1.165) is 19.4 Å². The van der Waals surface area contributed by atoms with Gasteiger partial charge in [0.25, 0.3) is 0 Å². The van der Waals surface area contributed by atoms with Gasteiger partial charge in [0, 0.05) is 19.2 Å². The minimum absolute atomic E-state index is 0.0518. The fourth-order valence-corrected chi connectivity index (χ4v) is 1.70. The van der Waals surface area contributed by atoms with Gasteiger partial charge in [-0.15, -0.1) is 6.58 Å². The van der Waals surface area contributed by atoms with Gasteiger partial charge in [-0.3, -0.25) is 4.79 Å². The minimum atomic E-state index is 0.0518. The Kier molecular flexibility index (Phi) is 5.36. The first kappa shape index (κ1) is 12.2. The zero-order chi connectivity index (χ0) is 11.1. The first-order valence-electron chi connectivity index (χ1n) is 5.45. The third-order valence-electron chi connectivity index (χ3n) is 2.42. The maximum absolute atomic E-state index is 11.4. The summed E-state index contributed by atoms with van der Waals surface area (Å²) >= 11 is 0. The third-order valence-corrected chi connectivity index (χ3v) is 2.42. The number of rotatable bonds is 5. The van der Waals surface area contributed by atoms with Crippen LogP contribution >= 0.6 is 0 Å². The van der Waals surface area contributed by atoms with Crippen LogP contribution in [-0.2, 0) is 9.53 Å². The van der Waals surface area contributed by atoms with Crippen molar-refractivity contribution < 1.29 is 9.53 Å². The molecule has 0 saturated carbocycles. The summed E-state index contributed by atoms with van der Waals surface area (Å²) in [6, 6.07) is 0.270. The van der Waals surface area contributed by atoms with Gasteiger partial charge in [0.05, 0.1) is 12.6 Å². The second-order valence-corrected chi connectivity index (χ2v) is 3.89. The van der Waals surface area contributed by atoms with Crippen LogP contribution in [0.1, 0.15) is 19.8 Å². The Bertz CT molecular complexity index is 219. The standard InChI is InChI=1S/C11H20N2O2/c1-3-5-12-8-11(14)13-10-4-6-15-9(2)7-10/h3,9-10,12H,1,4-8H2,2H3,(H,13,14). The molecule has 1 aliphatic rings. The van der Waals surface area contributed by atoms with Crippen molar-refractivity contribution in [3.05, 3.63) is 12.7 Å². The Morgan fingerprint density at radius 3 is 3.13 bits per heavy atom. The number of carbonyl (C=O) groups is 1. The first-order valence-corrected chi connectivity index (χ1v) is 5.45. The highest BCUT2D eigenvalue weighted by Gasteiger charge is 2.20. The number of hydrogen-bond donors (Lipinski definition) is 2. The second kappa shape index (κ2) is 6.58. The molecular formula is C11H20N2O2. The molecule has 0 aromatic rings. The van der Waals surface area contributed by atoms with Crippen LogP contribution in [0.25, 0.3) is 0 Å². The van der Waals surface area contributed by atoms with E-state index in [1.165, 1.54) is 0 Å². The lowest BCUT2D eigenvalue weighted by molar-refractivity contribution is -0.121. The smallest absolute Gasteiger partial charge is 0.234 e. The van der Waals surface area contributed by atoms with Crippen molar-refractivity contribution in [1.29, 1.82) is 0 Å². The maximum atomic E-state index is 11.4. The minimum Gasteiger partial charge on any atom is -0.378 e. The van der Waals surface area contributed by atoms with Crippen LogP contribution in [0.3, 0.4) is 0 Å². The monoisotopic (exact) mass is 212 g/mol. The van der Waals surface area contributed by atoms with Crippen LogP contribution in [-0.4, -0.2) is 37.7 Å². The quantitative estimate of drug-likeness (QED) is 0.514. The predicted octanol–water partition coefficient (Wildman–Crippen LogP) is 0.446. The molecule has 86 valence electrons. The Labute approximate surface area is 91.1 Å². The van der Waals surface area contributed by atoms with Crippen molar-refractivity contribution >= 4 is 5.91 Å². The summed E-state index contributed by atoms with van der Waals surface area (Å²) in [5.74, 6) is 0.0518. The van der Waals surface area contributed by atoms with Gasteiger partial charge in [0.1, 0.15) is 0 Å². The van der Waals surface area contributed by atoms with Crippen LogP contribution < -0.4 is 10.6 Å². The van der Waals surface area contributed by atoms with Gasteiger partial charge in [-0.1, -0.05) is 6.08 Å². The fraction of sp³-hybridized carbons (Fsp3) is 0.727. The van der Waals surface area contributed by atoms with E-state index in [2.05, 4.69) is 17.2 Å². The van der Waals surface area contributed by atoms with E-state index < -0.39 is 0 Å². The van der Waals surface area contributed by atoms with Gasteiger partial charge in [-0.25, -0.2) is 0 Å². The van der Waals surface area contributed by atoms with E-state index >= 15 is 0 Å². The summed E-state index contributed by atoms with van der Waals surface area (Å²) in [6.45, 7) is 7.37. The molecule has 1 saturated heterocycles. The predicted molar refractivity (Wildman–Crippen MR) is 59.6 cm³/mol. The zero-order valence-electron chi connectivity index (χ0n) is 9.29. The Balaban J connectivity index is 2.16.